The fourth-order valence-corrected chi connectivity index (χ4v) is 2.96. The monoisotopic (exact) mass is 387 g/mol. The lowest BCUT2D eigenvalue weighted by molar-refractivity contribution is -0.142. The summed E-state index contributed by atoms with van der Waals surface area (Å²) in [5.74, 6) is 1.24. The van der Waals surface area contributed by atoms with Crippen molar-refractivity contribution in [3.63, 3.8) is 0 Å². The SMILES string of the molecule is COCOc1ccc(Cc2c(C)cc(OCC(=O)OC)cc2C)nc1C(C)C. The number of nitrogens with zero attached hydrogens (tertiary/aromatic N) is 1. The zero-order valence-electron chi connectivity index (χ0n) is 17.5. The number of carbonyl (C=O) groups excluding carboxylic acids is 1. The molecule has 0 saturated carbocycles. The Morgan fingerprint density at radius 3 is 2.32 bits per heavy atom. The summed E-state index contributed by atoms with van der Waals surface area (Å²) in [5, 5.41) is 0. The number of benzene rings is 1. The quantitative estimate of drug-likeness (QED) is 0.479. The first-order chi connectivity index (χ1) is 13.3. The first kappa shape index (κ1) is 21.7. The molecule has 6 heteroatoms. The van der Waals surface area contributed by atoms with Gasteiger partial charge in [-0.05, 0) is 60.7 Å². The maximum absolute atomic E-state index is 11.3. The Kier molecular flexibility index (Phi) is 7.81. The van der Waals surface area contributed by atoms with E-state index in [9.17, 15) is 4.79 Å². The van der Waals surface area contributed by atoms with Crippen LogP contribution in [0.2, 0.25) is 0 Å². The van der Waals surface area contributed by atoms with Crippen LogP contribution in [0.1, 0.15) is 47.8 Å². The van der Waals surface area contributed by atoms with Crippen molar-refractivity contribution < 1.29 is 23.7 Å². The lowest BCUT2D eigenvalue weighted by Crippen LogP contribution is -2.13. The summed E-state index contributed by atoms with van der Waals surface area (Å²) in [6, 6.07) is 7.81. The van der Waals surface area contributed by atoms with Gasteiger partial charge in [-0.3, -0.25) is 4.98 Å². The van der Waals surface area contributed by atoms with Gasteiger partial charge in [0.2, 0.25) is 0 Å². The maximum Gasteiger partial charge on any atom is 0.343 e. The van der Waals surface area contributed by atoms with Crippen molar-refractivity contribution in [2.45, 2.75) is 40.0 Å². The molecule has 0 aliphatic rings. The minimum absolute atomic E-state index is 0.100. The zero-order valence-corrected chi connectivity index (χ0v) is 17.5. The van der Waals surface area contributed by atoms with Gasteiger partial charge in [-0.25, -0.2) is 4.79 Å². The lowest BCUT2D eigenvalue weighted by Gasteiger charge is -2.16. The molecule has 2 rings (SSSR count). The minimum atomic E-state index is -0.402. The number of pyridine rings is 1. The second-order valence-corrected chi connectivity index (χ2v) is 6.97. The van der Waals surface area contributed by atoms with Crippen LogP contribution in [0.5, 0.6) is 11.5 Å². The summed E-state index contributed by atoms with van der Waals surface area (Å²) in [6.45, 7) is 8.36. The van der Waals surface area contributed by atoms with E-state index in [1.165, 1.54) is 12.7 Å². The van der Waals surface area contributed by atoms with Crippen molar-refractivity contribution in [3.8, 4) is 11.5 Å². The minimum Gasteiger partial charge on any atom is -0.482 e. The molecule has 6 nitrogen and oxygen atoms in total. The summed E-state index contributed by atoms with van der Waals surface area (Å²) in [4.78, 5) is 16.1. The van der Waals surface area contributed by atoms with Gasteiger partial charge in [0.1, 0.15) is 11.5 Å². The highest BCUT2D eigenvalue weighted by Gasteiger charge is 2.14. The Morgan fingerprint density at radius 2 is 1.75 bits per heavy atom. The van der Waals surface area contributed by atoms with Gasteiger partial charge in [0.25, 0.3) is 0 Å². The van der Waals surface area contributed by atoms with E-state index in [0.717, 1.165) is 28.3 Å². The second-order valence-electron chi connectivity index (χ2n) is 6.97. The van der Waals surface area contributed by atoms with Crippen molar-refractivity contribution in [2.75, 3.05) is 27.6 Å². The first-order valence-electron chi connectivity index (χ1n) is 9.27. The van der Waals surface area contributed by atoms with E-state index >= 15 is 0 Å². The molecule has 1 heterocycles. The van der Waals surface area contributed by atoms with Gasteiger partial charge in [0.05, 0.1) is 12.8 Å². The molecule has 0 aliphatic carbocycles. The first-order valence-corrected chi connectivity index (χ1v) is 9.27. The van der Waals surface area contributed by atoms with E-state index in [1.54, 1.807) is 7.11 Å². The molecular weight excluding hydrogens is 358 g/mol. The van der Waals surface area contributed by atoms with Gasteiger partial charge in [-0.1, -0.05) is 13.8 Å². The third kappa shape index (κ3) is 5.70. The molecule has 0 spiro atoms. The Labute approximate surface area is 166 Å². The van der Waals surface area contributed by atoms with Gasteiger partial charge in [0, 0.05) is 19.2 Å². The second kappa shape index (κ2) is 10.1. The van der Waals surface area contributed by atoms with E-state index in [1.807, 2.05) is 38.1 Å². The molecule has 0 fully saturated rings. The van der Waals surface area contributed by atoms with E-state index in [4.69, 9.17) is 19.2 Å². The topological polar surface area (TPSA) is 66.9 Å². The van der Waals surface area contributed by atoms with E-state index < -0.39 is 5.97 Å². The Hall–Kier alpha value is -2.60. The molecule has 152 valence electrons. The normalized spacial score (nSPS) is 10.8. The van der Waals surface area contributed by atoms with Crippen molar-refractivity contribution in [1.29, 1.82) is 0 Å². The number of aromatic nitrogens is 1. The van der Waals surface area contributed by atoms with E-state index in [2.05, 4.69) is 18.6 Å². The number of rotatable bonds is 9. The molecule has 0 N–H and O–H groups in total. The Bertz CT molecular complexity index is 794. The smallest absolute Gasteiger partial charge is 0.343 e. The predicted octanol–water partition coefficient (Wildman–Crippen LogP) is 3.95. The molecule has 0 bridgehead atoms. The molecule has 0 unspecified atom stereocenters. The molecule has 2 aromatic rings. The Morgan fingerprint density at radius 1 is 1.07 bits per heavy atom. The number of methoxy groups -OCH3 is 2. The number of hydrogen-bond donors (Lipinski definition) is 0. The highest BCUT2D eigenvalue weighted by molar-refractivity contribution is 5.70. The number of carbonyl (C=O) groups is 1. The third-order valence-electron chi connectivity index (χ3n) is 4.43. The third-order valence-corrected chi connectivity index (χ3v) is 4.43. The highest BCUT2D eigenvalue weighted by atomic mass is 16.7. The lowest BCUT2D eigenvalue weighted by atomic mass is 9.97. The van der Waals surface area contributed by atoms with Crippen LogP contribution in [0, 0.1) is 13.8 Å². The highest BCUT2D eigenvalue weighted by Crippen LogP contribution is 2.28. The average Bonchev–Trinajstić information content (AvgIpc) is 2.67. The predicted molar refractivity (Wildman–Crippen MR) is 107 cm³/mol. The average molecular weight is 387 g/mol. The molecule has 1 aromatic heterocycles. The summed E-state index contributed by atoms with van der Waals surface area (Å²) in [6.07, 6.45) is 0.708. The van der Waals surface area contributed by atoms with Crippen molar-refractivity contribution in [3.05, 3.63) is 52.3 Å². The van der Waals surface area contributed by atoms with Crippen molar-refractivity contribution in [2.24, 2.45) is 0 Å². The van der Waals surface area contributed by atoms with Crippen LogP contribution in [-0.2, 0) is 20.7 Å². The molecule has 0 amide bonds. The summed E-state index contributed by atoms with van der Waals surface area (Å²) >= 11 is 0. The van der Waals surface area contributed by atoms with Crippen LogP contribution in [0.4, 0.5) is 0 Å². The van der Waals surface area contributed by atoms with Gasteiger partial charge in [0.15, 0.2) is 13.4 Å². The number of esters is 1. The van der Waals surface area contributed by atoms with Crippen LogP contribution in [0.25, 0.3) is 0 Å². The van der Waals surface area contributed by atoms with Crippen LogP contribution in [0.15, 0.2) is 24.3 Å². The van der Waals surface area contributed by atoms with Crippen LogP contribution in [-0.4, -0.2) is 38.6 Å². The molecule has 0 atom stereocenters. The van der Waals surface area contributed by atoms with E-state index in [0.29, 0.717) is 12.2 Å². The van der Waals surface area contributed by atoms with Gasteiger partial charge >= 0.3 is 5.97 Å². The van der Waals surface area contributed by atoms with Gasteiger partial charge in [-0.15, -0.1) is 0 Å². The van der Waals surface area contributed by atoms with Crippen molar-refractivity contribution >= 4 is 5.97 Å². The number of aryl methyl sites for hydroxylation is 2. The van der Waals surface area contributed by atoms with Gasteiger partial charge < -0.3 is 18.9 Å². The Balaban J connectivity index is 2.22. The van der Waals surface area contributed by atoms with Crippen LogP contribution >= 0.6 is 0 Å². The zero-order chi connectivity index (χ0) is 20.7. The van der Waals surface area contributed by atoms with Gasteiger partial charge in [-0.2, -0.15) is 0 Å². The number of ether oxygens (including phenoxy) is 4. The van der Waals surface area contributed by atoms with E-state index in [-0.39, 0.29) is 19.3 Å². The largest absolute Gasteiger partial charge is 0.482 e. The summed E-state index contributed by atoms with van der Waals surface area (Å²) in [7, 11) is 2.94. The van der Waals surface area contributed by atoms with Crippen molar-refractivity contribution in [1.82, 2.24) is 4.98 Å². The fourth-order valence-electron chi connectivity index (χ4n) is 2.96. The fraction of sp³-hybridized carbons (Fsp3) is 0.455. The molecular formula is C22H29NO5. The summed E-state index contributed by atoms with van der Waals surface area (Å²) < 4.78 is 20.8. The molecule has 0 aliphatic heterocycles. The molecule has 0 radical (unpaired) electrons. The number of hydrogen-bond acceptors (Lipinski definition) is 6. The molecule has 0 saturated heterocycles. The standard InChI is InChI=1S/C22H29NO5/c1-14(2)22-20(28-13-25-5)8-7-17(23-22)11-19-15(3)9-18(10-16(19)4)27-12-21(24)26-6/h7-10,14H,11-13H2,1-6H3. The van der Waals surface area contributed by atoms with Crippen LogP contribution < -0.4 is 9.47 Å². The summed E-state index contributed by atoms with van der Waals surface area (Å²) in [5.41, 5.74) is 5.27. The van der Waals surface area contributed by atoms with Crippen LogP contribution in [0.3, 0.4) is 0 Å². The molecule has 1 aromatic carbocycles. The maximum atomic E-state index is 11.3. The molecule has 28 heavy (non-hydrogen) atoms.